The van der Waals surface area contributed by atoms with Crippen molar-refractivity contribution in [2.75, 3.05) is 13.2 Å². The van der Waals surface area contributed by atoms with Crippen molar-refractivity contribution in [3.05, 3.63) is 70.9 Å². The molecule has 53 heavy (non-hydrogen) atoms. The SMILES string of the molecule is CC=CC=C(C)C=CC=C(C)C=CC1=C(C)C(=O)C(OC(=O)CCC(=O)OCC2OC(O)C(O)C(O)C2OC2OC(CO)C(O)C(O)C2O)CC1(C)C. The summed E-state index contributed by atoms with van der Waals surface area (Å²) in [5, 5.41) is 70.7. The van der Waals surface area contributed by atoms with Crippen LogP contribution in [0.2, 0.25) is 0 Å². The second-order valence-corrected chi connectivity index (χ2v) is 14.0. The minimum atomic E-state index is -1.92. The number of carbonyl (C=O) groups excluding carboxylic acids is 3. The molecule has 11 unspecified atom stereocenters. The zero-order valence-electron chi connectivity index (χ0n) is 30.9. The Labute approximate surface area is 309 Å². The Kier molecular flexibility index (Phi) is 16.5. The zero-order chi connectivity index (χ0) is 39.6. The van der Waals surface area contributed by atoms with Gasteiger partial charge >= 0.3 is 11.9 Å². The number of rotatable bonds is 14. The van der Waals surface area contributed by atoms with E-state index < -0.39 is 111 Å². The van der Waals surface area contributed by atoms with Gasteiger partial charge in [0.2, 0.25) is 0 Å². The lowest BCUT2D eigenvalue weighted by Gasteiger charge is -2.45. The van der Waals surface area contributed by atoms with Crippen LogP contribution >= 0.6 is 0 Å². The molecule has 2 fully saturated rings. The molecule has 2 heterocycles. The fourth-order valence-electron chi connectivity index (χ4n) is 6.15. The number of hydrogen-bond donors (Lipinski definition) is 7. The van der Waals surface area contributed by atoms with E-state index in [-0.39, 0.29) is 12.2 Å². The lowest BCUT2D eigenvalue weighted by molar-refractivity contribution is -0.355. The van der Waals surface area contributed by atoms with E-state index in [1.165, 1.54) is 0 Å². The van der Waals surface area contributed by atoms with E-state index in [1.54, 1.807) is 6.92 Å². The van der Waals surface area contributed by atoms with Gasteiger partial charge < -0.3 is 59.4 Å². The highest BCUT2D eigenvalue weighted by Crippen LogP contribution is 2.41. The van der Waals surface area contributed by atoms with Crippen molar-refractivity contribution in [3.8, 4) is 0 Å². The van der Waals surface area contributed by atoms with E-state index in [0.29, 0.717) is 5.57 Å². The predicted octanol–water partition coefficient (Wildman–Crippen LogP) is 0.742. The number of aliphatic hydroxyl groups excluding tert-OH is 7. The van der Waals surface area contributed by atoms with Crippen LogP contribution in [-0.4, -0.2) is 134 Å². The summed E-state index contributed by atoms with van der Waals surface area (Å²) >= 11 is 0. The third-order valence-electron chi connectivity index (χ3n) is 9.29. The molecule has 0 saturated carbocycles. The minimum Gasteiger partial charge on any atom is -0.463 e. The molecule has 0 amide bonds. The first-order valence-corrected chi connectivity index (χ1v) is 17.5. The number of esters is 2. The van der Waals surface area contributed by atoms with Crippen LogP contribution in [0.4, 0.5) is 0 Å². The average molecular weight is 751 g/mol. The van der Waals surface area contributed by atoms with Gasteiger partial charge in [-0.15, -0.1) is 0 Å². The van der Waals surface area contributed by atoms with E-state index >= 15 is 0 Å². The van der Waals surface area contributed by atoms with Gasteiger partial charge in [0, 0.05) is 6.42 Å². The highest BCUT2D eigenvalue weighted by molar-refractivity contribution is 6.01. The van der Waals surface area contributed by atoms with Crippen LogP contribution < -0.4 is 0 Å². The minimum absolute atomic E-state index is 0.224. The van der Waals surface area contributed by atoms with E-state index in [2.05, 4.69) is 0 Å². The summed E-state index contributed by atoms with van der Waals surface area (Å²) in [6.07, 6.45) is -3.26. The van der Waals surface area contributed by atoms with Crippen molar-refractivity contribution in [1.82, 2.24) is 0 Å². The molecule has 0 bridgehead atoms. The highest BCUT2D eigenvalue weighted by Gasteiger charge is 2.50. The van der Waals surface area contributed by atoms with Gasteiger partial charge in [-0.3, -0.25) is 14.4 Å². The largest absolute Gasteiger partial charge is 0.463 e. The van der Waals surface area contributed by atoms with Crippen molar-refractivity contribution >= 4 is 17.7 Å². The van der Waals surface area contributed by atoms with Gasteiger partial charge in [0.25, 0.3) is 0 Å². The third-order valence-corrected chi connectivity index (χ3v) is 9.29. The van der Waals surface area contributed by atoms with Crippen LogP contribution in [0.15, 0.2) is 70.9 Å². The Morgan fingerprint density at radius 1 is 0.849 bits per heavy atom. The average Bonchev–Trinajstić information content (AvgIpc) is 3.11. The summed E-state index contributed by atoms with van der Waals surface area (Å²) in [5.41, 5.74) is 2.84. The Morgan fingerprint density at radius 2 is 1.49 bits per heavy atom. The maximum absolute atomic E-state index is 13.2. The predicted molar refractivity (Wildman–Crippen MR) is 188 cm³/mol. The summed E-state index contributed by atoms with van der Waals surface area (Å²) in [5.74, 6) is -2.06. The van der Waals surface area contributed by atoms with Crippen molar-refractivity contribution in [1.29, 1.82) is 0 Å². The molecule has 1 aliphatic carbocycles. The van der Waals surface area contributed by atoms with Crippen LogP contribution in [0.5, 0.6) is 0 Å². The van der Waals surface area contributed by atoms with Crippen LogP contribution in [0.1, 0.15) is 60.8 Å². The zero-order valence-corrected chi connectivity index (χ0v) is 30.9. The standard InChI is InChI=1S/C38H54O15/c1-7-8-10-20(2)11-9-12-21(3)13-14-23-22(4)29(42)24(17-38(23,5)6)50-28(41)16-15-27(40)49-19-26-35(32(45)33(46)36(48)51-26)53-37-34(47)31(44)30(43)25(18-39)52-37/h7-14,24-26,30-37,39,43-48H,15-19H2,1-6H3. The second kappa shape index (κ2) is 19.8. The van der Waals surface area contributed by atoms with E-state index in [4.69, 9.17) is 23.7 Å². The third kappa shape index (κ3) is 11.8. The molecule has 7 N–H and O–H groups in total. The molecule has 11 atom stereocenters. The molecule has 0 aromatic heterocycles. The number of allylic oxidation sites excluding steroid dienone is 11. The van der Waals surface area contributed by atoms with Gasteiger partial charge in [0.1, 0.15) is 55.4 Å². The fourth-order valence-corrected chi connectivity index (χ4v) is 6.15. The number of ketones is 1. The fraction of sp³-hybridized carbons (Fsp3) is 0.605. The van der Waals surface area contributed by atoms with Crippen LogP contribution in [0.25, 0.3) is 0 Å². The molecular weight excluding hydrogens is 696 g/mol. The molecule has 0 aromatic rings. The van der Waals surface area contributed by atoms with Crippen molar-refractivity contribution in [3.63, 3.8) is 0 Å². The van der Waals surface area contributed by atoms with Crippen molar-refractivity contribution in [2.45, 2.75) is 128 Å². The van der Waals surface area contributed by atoms with Crippen LogP contribution in [-0.2, 0) is 38.1 Å². The van der Waals surface area contributed by atoms with Gasteiger partial charge in [-0.1, -0.05) is 73.6 Å². The Bertz CT molecular complexity index is 1470. The number of hydrogen-bond acceptors (Lipinski definition) is 15. The summed E-state index contributed by atoms with van der Waals surface area (Å²) in [4.78, 5) is 38.6. The normalized spacial score (nSPS) is 34.4. The maximum atomic E-state index is 13.2. The molecule has 0 aromatic carbocycles. The van der Waals surface area contributed by atoms with Gasteiger partial charge in [0.05, 0.1) is 19.4 Å². The number of ether oxygens (including phenoxy) is 5. The van der Waals surface area contributed by atoms with Gasteiger partial charge in [-0.05, 0) is 44.3 Å². The molecule has 0 spiro atoms. The smallest absolute Gasteiger partial charge is 0.307 e. The van der Waals surface area contributed by atoms with Crippen LogP contribution in [0.3, 0.4) is 0 Å². The summed E-state index contributed by atoms with van der Waals surface area (Å²) in [6.45, 7) is 10.1. The van der Waals surface area contributed by atoms with E-state index in [0.717, 1.165) is 16.7 Å². The summed E-state index contributed by atoms with van der Waals surface area (Å²) < 4.78 is 26.8. The summed E-state index contributed by atoms with van der Waals surface area (Å²) in [6, 6.07) is 0. The second-order valence-electron chi connectivity index (χ2n) is 14.0. The first-order chi connectivity index (χ1) is 24.9. The molecule has 3 rings (SSSR count). The monoisotopic (exact) mass is 750 g/mol. The molecule has 15 heteroatoms. The number of carbonyl (C=O) groups is 3. The lowest BCUT2D eigenvalue weighted by atomic mass is 9.71. The molecule has 15 nitrogen and oxygen atoms in total. The topological polar surface area (TPSA) is 239 Å². The molecule has 3 aliphatic rings. The molecule has 2 saturated heterocycles. The summed E-state index contributed by atoms with van der Waals surface area (Å²) in [7, 11) is 0. The molecule has 2 aliphatic heterocycles. The Hall–Kier alpha value is -3.35. The maximum Gasteiger partial charge on any atom is 0.307 e. The van der Waals surface area contributed by atoms with Crippen molar-refractivity contribution in [2.24, 2.45) is 5.41 Å². The van der Waals surface area contributed by atoms with Gasteiger partial charge in [0.15, 0.2) is 24.5 Å². The Morgan fingerprint density at radius 3 is 2.15 bits per heavy atom. The molecule has 296 valence electrons. The first kappa shape index (κ1) is 44.0. The van der Waals surface area contributed by atoms with Crippen molar-refractivity contribution < 1.29 is 73.8 Å². The van der Waals surface area contributed by atoms with E-state index in [9.17, 15) is 50.1 Å². The lowest BCUT2D eigenvalue weighted by Crippen LogP contribution is -2.64. The van der Waals surface area contributed by atoms with Crippen LogP contribution in [0, 0.1) is 5.41 Å². The first-order valence-electron chi connectivity index (χ1n) is 17.5. The van der Waals surface area contributed by atoms with Gasteiger partial charge in [-0.25, -0.2) is 0 Å². The highest BCUT2D eigenvalue weighted by atomic mass is 16.7. The van der Waals surface area contributed by atoms with Gasteiger partial charge in [-0.2, -0.15) is 0 Å². The number of aliphatic hydroxyl groups is 7. The quantitative estimate of drug-likeness (QED) is 0.0958. The Balaban J connectivity index is 1.57. The molecule has 0 radical (unpaired) electrons. The van der Waals surface area contributed by atoms with E-state index in [1.807, 2.05) is 83.2 Å². The molecular formula is C38H54O15. The number of Topliss-reactive ketones (excluding diaryl/α,β-unsaturated/α-hetero) is 1.